The first kappa shape index (κ1) is 17.6. The molecule has 1 aliphatic rings. The number of halogens is 1. The van der Waals surface area contributed by atoms with Gasteiger partial charge in [0.15, 0.2) is 5.76 Å². The second-order valence-electron chi connectivity index (χ2n) is 6.05. The van der Waals surface area contributed by atoms with Crippen LogP contribution < -0.4 is 4.90 Å². The van der Waals surface area contributed by atoms with Gasteiger partial charge in [-0.15, -0.1) is 11.3 Å². The highest BCUT2D eigenvalue weighted by Crippen LogP contribution is 2.44. The number of hydrogen-bond donors (Lipinski definition) is 1. The molecule has 3 aromatic rings. The van der Waals surface area contributed by atoms with Gasteiger partial charge in [0.2, 0.25) is 5.78 Å². The molecule has 0 bridgehead atoms. The van der Waals surface area contributed by atoms with Crippen LogP contribution in [0.15, 0.2) is 69.9 Å². The number of thiophene rings is 1. The number of hydrogen-bond acceptors (Lipinski definition) is 5. The first-order chi connectivity index (χ1) is 13.0. The summed E-state index contributed by atoms with van der Waals surface area (Å²) in [6, 6.07) is 11.0. The van der Waals surface area contributed by atoms with E-state index in [1.807, 2.05) is 0 Å². The van der Waals surface area contributed by atoms with E-state index in [2.05, 4.69) is 0 Å². The van der Waals surface area contributed by atoms with Crippen molar-refractivity contribution in [3.63, 3.8) is 0 Å². The van der Waals surface area contributed by atoms with Crippen molar-refractivity contribution in [3.8, 4) is 0 Å². The highest BCUT2D eigenvalue weighted by Gasteiger charge is 2.46. The zero-order valence-corrected chi connectivity index (χ0v) is 15.8. The second-order valence-corrected chi connectivity index (χ2v) is 7.40. The zero-order valence-electron chi connectivity index (χ0n) is 14.2. The van der Waals surface area contributed by atoms with E-state index >= 15 is 0 Å². The van der Waals surface area contributed by atoms with Crippen LogP contribution in [0.3, 0.4) is 0 Å². The molecule has 136 valence electrons. The van der Waals surface area contributed by atoms with Gasteiger partial charge in [-0.1, -0.05) is 23.7 Å². The van der Waals surface area contributed by atoms with Crippen LogP contribution in [0.2, 0.25) is 5.02 Å². The maximum Gasteiger partial charge on any atom is 0.294 e. The topological polar surface area (TPSA) is 70.8 Å². The molecule has 0 aliphatic carbocycles. The molecule has 0 radical (unpaired) electrons. The number of carbonyl (C=O) groups is 2. The highest BCUT2D eigenvalue weighted by molar-refractivity contribution is 7.12. The van der Waals surface area contributed by atoms with E-state index in [1.165, 1.54) is 22.5 Å². The predicted molar refractivity (Wildman–Crippen MR) is 103 cm³/mol. The lowest BCUT2D eigenvalue weighted by molar-refractivity contribution is -0.117. The molecule has 4 rings (SSSR count). The van der Waals surface area contributed by atoms with Crippen LogP contribution in [-0.2, 0) is 4.79 Å². The quantitative estimate of drug-likeness (QED) is 0.620. The van der Waals surface area contributed by atoms with Crippen LogP contribution >= 0.6 is 22.9 Å². The van der Waals surface area contributed by atoms with E-state index in [0.717, 1.165) is 0 Å². The highest BCUT2D eigenvalue weighted by atomic mass is 35.5. The van der Waals surface area contributed by atoms with Crippen LogP contribution in [0.1, 0.15) is 27.0 Å². The Morgan fingerprint density at radius 3 is 2.70 bits per heavy atom. The monoisotopic (exact) mass is 399 g/mol. The van der Waals surface area contributed by atoms with E-state index in [9.17, 15) is 14.7 Å². The van der Waals surface area contributed by atoms with Gasteiger partial charge in [-0.05, 0) is 48.2 Å². The zero-order chi connectivity index (χ0) is 19.1. The molecular formula is C20H14ClNO4S. The van der Waals surface area contributed by atoms with Crippen molar-refractivity contribution < 1.29 is 19.1 Å². The lowest BCUT2D eigenvalue weighted by Crippen LogP contribution is -2.31. The first-order valence-electron chi connectivity index (χ1n) is 8.14. The van der Waals surface area contributed by atoms with Gasteiger partial charge in [0.1, 0.15) is 11.8 Å². The third-order valence-electron chi connectivity index (χ3n) is 4.51. The molecule has 7 heteroatoms. The van der Waals surface area contributed by atoms with Crippen molar-refractivity contribution in [1.29, 1.82) is 0 Å². The van der Waals surface area contributed by atoms with Gasteiger partial charge in [0.25, 0.3) is 5.91 Å². The van der Waals surface area contributed by atoms with Crippen LogP contribution in [0.4, 0.5) is 5.69 Å². The molecule has 27 heavy (non-hydrogen) atoms. The summed E-state index contributed by atoms with van der Waals surface area (Å²) in [5.74, 6) is -1.26. The summed E-state index contributed by atoms with van der Waals surface area (Å²) in [5, 5.41) is 12.8. The van der Waals surface area contributed by atoms with Crippen LogP contribution in [0, 0.1) is 6.92 Å². The number of anilines is 1. The van der Waals surface area contributed by atoms with E-state index in [1.54, 1.807) is 54.8 Å². The molecule has 3 heterocycles. The van der Waals surface area contributed by atoms with Crippen molar-refractivity contribution in [2.75, 3.05) is 4.90 Å². The lowest BCUT2D eigenvalue weighted by atomic mass is 9.99. The van der Waals surface area contributed by atoms with Crippen molar-refractivity contribution in [2.24, 2.45) is 0 Å². The average molecular weight is 400 g/mol. The summed E-state index contributed by atoms with van der Waals surface area (Å²) < 4.78 is 5.51. The number of Topliss-reactive ketones (excluding diaryl/α,β-unsaturated/α-hetero) is 1. The minimum absolute atomic E-state index is 0.00299. The SMILES string of the molecule is Cc1c(Cl)cccc1N1C(=O)C(O)=C(C(=O)c2cccs2)C1c1ccco1. The summed E-state index contributed by atoms with van der Waals surface area (Å²) in [7, 11) is 0. The van der Waals surface area contributed by atoms with Gasteiger partial charge in [-0.25, -0.2) is 0 Å². The number of aliphatic hydroxyl groups is 1. The fraction of sp³-hybridized carbons (Fsp3) is 0.100. The number of rotatable bonds is 4. The van der Waals surface area contributed by atoms with Gasteiger partial charge < -0.3 is 9.52 Å². The fourth-order valence-corrected chi connectivity index (χ4v) is 4.05. The molecule has 1 N–H and O–H groups in total. The smallest absolute Gasteiger partial charge is 0.294 e. The van der Waals surface area contributed by atoms with E-state index in [0.29, 0.717) is 26.9 Å². The first-order valence-corrected chi connectivity index (χ1v) is 9.40. The van der Waals surface area contributed by atoms with Gasteiger partial charge in [-0.2, -0.15) is 0 Å². The molecule has 5 nitrogen and oxygen atoms in total. The summed E-state index contributed by atoms with van der Waals surface area (Å²) in [6.45, 7) is 1.78. The van der Waals surface area contributed by atoms with Crippen molar-refractivity contribution >= 4 is 40.3 Å². The maximum atomic E-state index is 13.0. The minimum atomic E-state index is -0.876. The molecule has 1 unspecified atom stereocenters. The summed E-state index contributed by atoms with van der Waals surface area (Å²) in [6.07, 6.45) is 1.46. The minimum Gasteiger partial charge on any atom is -0.503 e. The van der Waals surface area contributed by atoms with E-state index in [4.69, 9.17) is 16.0 Å². The number of amides is 1. The van der Waals surface area contributed by atoms with E-state index < -0.39 is 23.5 Å². The molecule has 0 fully saturated rings. The molecule has 1 aliphatic heterocycles. The molecule has 1 atom stereocenters. The number of carbonyl (C=O) groups excluding carboxylic acids is 2. The number of nitrogens with zero attached hydrogens (tertiary/aromatic N) is 1. The Morgan fingerprint density at radius 1 is 1.22 bits per heavy atom. The molecule has 2 aromatic heterocycles. The summed E-state index contributed by atoms with van der Waals surface area (Å²) >= 11 is 7.47. The fourth-order valence-electron chi connectivity index (χ4n) is 3.20. The largest absolute Gasteiger partial charge is 0.503 e. The number of ketones is 1. The van der Waals surface area contributed by atoms with Crippen molar-refractivity contribution in [2.45, 2.75) is 13.0 Å². The number of aliphatic hydroxyl groups excluding tert-OH is 1. The van der Waals surface area contributed by atoms with Gasteiger partial charge >= 0.3 is 0 Å². The van der Waals surface area contributed by atoms with Crippen molar-refractivity contribution in [1.82, 2.24) is 0 Å². The normalized spacial score (nSPS) is 17.0. The molecule has 0 saturated carbocycles. The Kier molecular flexibility index (Phi) is 4.37. The standard InChI is InChI=1S/C20H14ClNO4S/c1-11-12(21)5-2-6-13(11)22-17(14-7-3-9-26-14)16(19(24)20(22)25)18(23)15-8-4-10-27-15/h2-10,17,24H,1H3. The van der Waals surface area contributed by atoms with Crippen LogP contribution in [0.25, 0.3) is 0 Å². The average Bonchev–Trinajstić information content (AvgIpc) is 3.40. The summed E-state index contributed by atoms with van der Waals surface area (Å²) in [5.41, 5.74) is 1.17. The number of furan rings is 1. The molecule has 0 saturated heterocycles. The Morgan fingerprint density at radius 2 is 2.04 bits per heavy atom. The molecule has 0 spiro atoms. The Hall–Kier alpha value is -2.83. The van der Waals surface area contributed by atoms with Crippen LogP contribution in [0.5, 0.6) is 0 Å². The Balaban J connectivity index is 1.90. The molecule has 1 amide bonds. The second kappa shape index (κ2) is 6.72. The van der Waals surface area contributed by atoms with E-state index in [-0.39, 0.29) is 5.57 Å². The number of benzene rings is 1. The van der Waals surface area contributed by atoms with Gasteiger partial charge in [0.05, 0.1) is 16.7 Å². The molecule has 1 aromatic carbocycles. The van der Waals surface area contributed by atoms with Gasteiger partial charge in [0, 0.05) is 10.7 Å². The van der Waals surface area contributed by atoms with Gasteiger partial charge in [-0.3, -0.25) is 14.5 Å². The predicted octanol–water partition coefficient (Wildman–Crippen LogP) is 5.09. The Labute approximate surface area is 164 Å². The lowest BCUT2D eigenvalue weighted by Gasteiger charge is -2.26. The van der Waals surface area contributed by atoms with Crippen molar-refractivity contribution in [3.05, 3.63) is 86.7 Å². The maximum absolute atomic E-state index is 13.0. The van der Waals surface area contributed by atoms with Crippen LogP contribution in [-0.4, -0.2) is 16.8 Å². The third-order valence-corrected chi connectivity index (χ3v) is 5.79. The third kappa shape index (κ3) is 2.78. The Bertz CT molecular complexity index is 1050. The molecular weight excluding hydrogens is 386 g/mol. The summed E-state index contributed by atoms with van der Waals surface area (Å²) in [4.78, 5) is 27.8.